The largest absolute Gasteiger partial charge is 0.383 e. The molecule has 17 nitrogen and oxygen atoms in total. The van der Waals surface area contributed by atoms with Crippen LogP contribution in [0.2, 0.25) is 0 Å². The lowest BCUT2D eigenvalue weighted by Gasteiger charge is -2.36. The van der Waals surface area contributed by atoms with Crippen LogP contribution in [0.15, 0.2) is 53.4 Å². The number of hydrogen-bond acceptors (Lipinski definition) is 13. The van der Waals surface area contributed by atoms with Crippen LogP contribution in [-0.4, -0.2) is 109 Å². The van der Waals surface area contributed by atoms with Crippen LogP contribution in [-0.2, 0) is 20.9 Å². The molecule has 304 valence electrons. The topological polar surface area (TPSA) is 211 Å². The summed E-state index contributed by atoms with van der Waals surface area (Å²) in [5, 5.41) is 15.7. The first kappa shape index (κ1) is 37.1. The highest BCUT2D eigenvalue weighted by molar-refractivity contribution is 6.05. The van der Waals surface area contributed by atoms with Gasteiger partial charge in [0, 0.05) is 75.0 Å². The Morgan fingerprint density at radius 3 is 2.59 bits per heavy atom. The van der Waals surface area contributed by atoms with Gasteiger partial charge >= 0.3 is 0 Å². The van der Waals surface area contributed by atoms with E-state index in [1.165, 1.54) is 6.33 Å². The van der Waals surface area contributed by atoms with E-state index in [0.717, 1.165) is 86.7 Å². The highest BCUT2D eigenvalue weighted by atomic mass is 16.5. The number of benzene rings is 1. The van der Waals surface area contributed by atoms with E-state index in [0.29, 0.717) is 72.1 Å². The van der Waals surface area contributed by atoms with Crippen molar-refractivity contribution in [3.8, 4) is 22.6 Å². The number of imide groups is 1. The van der Waals surface area contributed by atoms with Gasteiger partial charge < -0.3 is 25.4 Å². The van der Waals surface area contributed by atoms with Crippen molar-refractivity contribution < 1.29 is 23.7 Å². The molecule has 3 aliphatic heterocycles. The maximum atomic E-state index is 13.2. The van der Waals surface area contributed by atoms with Gasteiger partial charge in [-0.3, -0.25) is 34.4 Å². The molecule has 59 heavy (non-hydrogen) atoms. The molecule has 2 saturated carbocycles. The first-order valence-electron chi connectivity index (χ1n) is 20.7. The van der Waals surface area contributed by atoms with E-state index < -0.39 is 11.9 Å². The quantitative estimate of drug-likeness (QED) is 0.122. The molecule has 1 aromatic carbocycles. The summed E-state index contributed by atoms with van der Waals surface area (Å²) < 4.78 is 7.80. The van der Waals surface area contributed by atoms with Crippen molar-refractivity contribution in [3.05, 3.63) is 65.8 Å². The minimum Gasteiger partial charge on any atom is -0.383 e. The van der Waals surface area contributed by atoms with Crippen molar-refractivity contribution in [3.63, 3.8) is 0 Å². The van der Waals surface area contributed by atoms with Gasteiger partial charge in [-0.2, -0.15) is 5.10 Å². The molecule has 2 saturated heterocycles. The number of nitrogen functional groups attached to an aromatic ring is 1. The number of amides is 4. The Bertz CT molecular complexity index is 2450. The third-order valence-corrected chi connectivity index (χ3v) is 12.6. The molecule has 0 radical (unpaired) electrons. The number of fused-ring (bicyclic) bond motifs is 2. The summed E-state index contributed by atoms with van der Waals surface area (Å²) in [6, 6.07) is 11.1. The van der Waals surface area contributed by atoms with E-state index in [2.05, 4.69) is 46.6 Å². The molecule has 1 unspecified atom stereocenters. The lowest BCUT2D eigenvalue weighted by Crippen LogP contribution is -2.52. The number of carbonyl (C=O) groups is 4. The normalized spacial score (nSPS) is 22.1. The molecular weight excluding hydrogens is 753 g/mol. The summed E-state index contributed by atoms with van der Waals surface area (Å²) in [6.07, 6.45) is 9.05. The van der Waals surface area contributed by atoms with Gasteiger partial charge in [0.2, 0.25) is 17.7 Å². The number of rotatable bonds is 12. The maximum Gasteiger partial charge on any atom is 0.255 e. The zero-order chi connectivity index (χ0) is 40.2. The molecule has 4 fully saturated rings. The molecule has 7 heterocycles. The van der Waals surface area contributed by atoms with E-state index >= 15 is 0 Å². The Labute approximate surface area is 339 Å². The van der Waals surface area contributed by atoms with Crippen LogP contribution in [0, 0.1) is 5.92 Å². The lowest BCUT2D eigenvalue weighted by molar-refractivity contribution is -0.137. The highest BCUT2D eigenvalue weighted by Gasteiger charge is 2.41. The van der Waals surface area contributed by atoms with Gasteiger partial charge in [-0.15, -0.1) is 0 Å². The fraction of sp³-hybridized carbons (Fsp3) is 0.452. The number of nitrogens with two attached hydrogens (primary N) is 1. The Morgan fingerprint density at radius 1 is 0.966 bits per heavy atom. The van der Waals surface area contributed by atoms with Gasteiger partial charge in [0.15, 0.2) is 5.65 Å². The van der Waals surface area contributed by atoms with Gasteiger partial charge in [-0.05, 0) is 87.4 Å². The predicted octanol–water partition coefficient (Wildman–Crippen LogP) is 3.43. The van der Waals surface area contributed by atoms with Crippen molar-refractivity contribution >= 4 is 46.2 Å². The van der Waals surface area contributed by atoms with Crippen LogP contribution >= 0.6 is 0 Å². The summed E-state index contributed by atoms with van der Waals surface area (Å²) in [5.74, 6) is 0.561. The van der Waals surface area contributed by atoms with E-state index in [4.69, 9.17) is 15.4 Å². The number of unbranched alkanes of at least 4 members (excludes halogenated alkanes) is 1. The van der Waals surface area contributed by atoms with Crippen LogP contribution in [0.4, 0.5) is 11.5 Å². The molecule has 2 aliphatic carbocycles. The average Bonchev–Trinajstić information content (AvgIpc) is 3.74. The monoisotopic (exact) mass is 798 g/mol. The third-order valence-electron chi connectivity index (χ3n) is 12.6. The van der Waals surface area contributed by atoms with E-state index in [1.54, 1.807) is 11.1 Å². The summed E-state index contributed by atoms with van der Waals surface area (Å²) in [4.78, 5) is 70.2. The first-order valence-corrected chi connectivity index (χ1v) is 20.7. The maximum absolute atomic E-state index is 13.2. The molecule has 0 bridgehead atoms. The summed E-state index contributed by atoms with van der Waals surface area (Å²) in [7, 11) is 0. The molecule has 1 atom stereocenters. The fourth-order valence-electron chi connectivity index (χ4n) is 9.07. The SMILES string of the molecule is Nc1ncnc2c1c(-c1noc(C3CC3)c1-c1ccccn1)nn2C1CC(C(=O)NCCCCN2CCN(c3ccc4c(c3)CN(C3CCC(=O)NC3=O)C4=O)CC2)C1. The van der Waals surface area contributed by atoms with Gasteiger partial charge in [0.25, 0.3) is 5.91 Å². The molecule has 4 aromatic heterocycles. The Morgan fingerprint density at radius 2 is 1.81 bits per heavy atom. The molecule has 5 aromatic rings. The first-order chi connectivity index (χ1) is 28.8. The Balaban J connectivity index is 0.692. The van der Waals surface area contributed by atoms with Crippen molar-refractivity contribution in [1.29, 1.82) is 0 Å². The number of piperidine rings is 1. The standard InChI is InChI=1S/C42H46N12O5/c43-38-34-35(36-33(30-5-1-2-12-44-30)37(59-50-36)24-6-7-24)49-54(39(34)47-23-46-38)28-19-25(20-28)40(56)45-13-3-4-14-51-15-17-52(18-16-51)27-8-9-29-26(21-27)22-53(42(29)58)31-10-11-32(55)48-41(31)57/h1-2,5,8-9,12,21,23-25,28,31H,3-4,6-7,10-11,13-20,22H2,(H,45,56)(H2,43,46,47)(H,48,55,57). The van der Waals surface area contributed by atoms with Crippen molar-refractivity contribution in [2.45, 2.75) is 75.9 Å². The molecule has 17 heteroatoms. The molecule has 4 N–H and O–H groups in total. The van der Waals surface area contributed by atoms with Gasteiger partial charge in [-0.25, -0.2) is 14.6 Å². The average molecular weight is 799 g/mol. The Kier molecular flexibility index (Phi) is 9.53. The van der Waals surface area contributed by atoms with Crippen LogP contribution in [0.1, 0.15) is 85.0 Å². The zero-order valence-corrected chi connectivity index (χ0v) is 32.7. The van der Waals surface area contributed by atoms with Crippen LogP contribution in [0.25, 0.3) is 33.7 Å². The molecular formula is C42H46N12O5. The predicted molar refractivity (Wildman–Crippen MR) is 216 cm³/mol. The smallest absolute Gasteiger partial charge is 0.255 e. The number of nitrogens with one attached hydrogen (secondary N) is 2. The van der Waals surface area contributed by atoms with E-state index in [-0.39, 0.29) is 36.1 Å². The van der Waals surface area contributed by atoms with Gasteiger partial charge in [0.05, 0.1) is 22.7 Å². The van der Waals surface area contributed by atoms with E-state index in [9.17, 15) is 19.2 Å². The number of carbonyl (C=O) groups excluding carboxylic acids is 4. The zero-order valence-electron chi connectivity index (χ0n) is 32.7. The molecule has 0 spiro atoms. The van der Waals surface area contributed by atoms with E-state index in [1.807, 2.05) is 35.0 Å². The number of pyridine rings is 1. The number of piperazine rings is 1. The van der Waals surface area contributed by atoms with Crippen LogP contribution in [0.3, 0.4) is 0 Å². The summed E-state index contributed by atoms with van der Waals surface area (Å²) >= 11 is 0. The number of nitrogens with zero attached hydrogens (tertiary/aromatic N) is 9. The number of anilines is 2. The molecule has 10 rings (SSSR count). The minimum absolute atomic E-state index is 0.0186. The van der Waals surface area contributed by atoms with Crippen molar-refractivity contribution in [1.82, 2.24) is 50.3 Å². The van der Waals surface area contributed by atoms with Crippen molar-refractivity contribution in [2.24, 2.45) is 5.92 Å². The summed E-state index contributed by atoms with van der Waals surface area (Å²) in [5.41, 5.74) is 12.4. The minimum atomic E-state index is -0.613. The third kappa shape index (κ3) is 6.96. The second kappa shape index (κ2) is 15.2. The van der Waals surface area contributed by atoms with Crippen molar-refractivity contribution in [2.75, 3.05) is 49.9 Å². The second-order valence-corrected chi connectivity index (χ2v) is 16.4. The van der Waals surface area contributed by atoms with Crippen LogP contribution < -0.4 is 21.3 Å². The van der Waals surface area contributed by atoms with Gasteiger partial charge in [-0.1, -0.05) is 11.2 Å². The molecule has 4 amide bonds. The summed E-state index contributed by atoms with van der Waals surface area (Å²) in [6.45, 7) is 5.58. The number of aromatic nitrogens is 6. The fourth-order valence-corrected chi connectivity index (χ4v) is 9.07. The van der Waals surface area contributed by atoms with Crippen LogP contribution in [0.5, 0.6) is 0 Å². The van der Waals surface area contributed by atoms with Gasteiger partial charge in [0.1, 0.15) is 35.3 Å². The highest BCUT2D eigenvalue weighted by Crippen LogP contribution is 2.49. The molecule has 5 aliphatic rings. The second-order valence-electron chi connectivity index (χ2n) is 16.4. The lowest BCUT2D eigenvalue weighted by atomic mass is 9.79. The Hall–Kier alpha value is -6.23. The number of hydrogen-bond donors (Lipinski definition) is 3.